The van der Waals surface area contributed by atoms with Gasteiger partial charge in [-0.05, 0) is 30.5 Å². The van der Waals surface area contributed by atoms with E-state index >= 15 is 0 Å². The molecular formula is C15H15N3O2S. The number of hydrogen-bond acceptors (Lipinski definition) is 5. The van der Waals surface area contributed by atoms with Gasteiger partial charge >= 0.3 is 0 Å². The first-order valence-electron chi connectivity index (χ1n) is 6.68. The van der Waals surface area contributed by atoms with Crippen LogP contribution in [0.15, 0.2) is 28.8 Å². The number of carbonyl (C=O) groups is 1. The molecule has 1 N–H and O–H groups in total. The van der Waals surface area contributed by atoms with Gasteiger partial charge in [-0.25, -0.2) is 4.98 Å². The van der Waals surface area contributed by atoms with E-state index in [0.29, 0.717) is 16.7 Å². The third kappa shape index (κ3) is 2.80. The Morgan fingerprint density at radius 3 is 2.81 bits per heavy atom. The van der Waals surface area contributed by atoms with Crippen LogP contribution in [0.25, 0.3) is 10.2 Å². The molecule has 5 nitrogen and oxygen atoms in total. The van der Waals surface area contributed by atoms with Crippen molar-refractivity contribution in [3.8, 4) is 0 Å². The molecule has 2 heterocycles. The summed E-state index contributed by atoms with van der Waals surface area (Å²) in [4.78, 5) is 16.4. The van der Waals surface area contributed by atoms with Gasteiger partial charge in [0.25, 0.3) is 5.91 Å². The van der Waals surface area contributed by atoms with Crippen molar-refractivity contribution in [1.82, 2.24) is 10.1 Å². The first-order valence-corrected chi connectivity index (χ1v) is 7.50. The predicted molar refractivity (Wildman–Crippen MR) is 82.9 cm³/mol. The van der Waals surface area contributed by atoms with Crippen molar-refractivity contribution in [1.29, 1.82) is 0 Å². The number of carbonyl (C=O) groups excluding carboxylic acids is 1. The van der Waals surface area contributed by atoms with Crippen LogP contribution < -0.4 is 5.32 Å². The Hall–Kier alpha value is -2.21. The highest BCUT2D eigenvalue weighted by molar-refractivity contribution is 7.22. The van der Waals surface area contributed by atoms with Crippen molar-refractivity contribution in [2.45, 2.75) is 26.7 Å². The normalized spacial score (nSPS) is 11.2. The van der Waals surface area contributed by atoms with Crippen LogP contribution in [0.4, 0.5) is 5.13 Å². The number of benzene rings is 1. The minimum Gasteiger partial charge on any atom is -0.351 e. The quantitative estimate of drug-likeness (QED) is 0.794. The van der Waals surface area contributed by atoms with E-state index in [-0.39, 0.29) is 11.7 Å². The van der Waals surface area contributed by atoms with E-state index in [4.69, 9.17) is 4.52 Å². The zero-order valence-corrected chi connectivity index (χ0v) is 12.8. The Bertz CT molecular complexity index is 804. The highest BCUT2D eigenvalue weighted by Gasteiger charge is 2.14. The van der Waals surface area contributed by atoms with Gasteiger partial charge in [0, 0.05) is 6.07 Å². The van der Waals surface area contributed by atoms with Crippen molar-refractivity contribution in [2.24, 2.45) is 0 Å². The summed E-state index contributed by atoms with van der Waals surface area (Å²) in [5.74, 6) is 0.320. The van der Waals surface area contributed by atoms with E-state index in [1.807, 2.05) is 6.07 Å². The maximum Gasteiger partial charge on any atom is 0.296 e. The molecule has 0 aliphatic carbocycles. The number of nitrogens with zero attached hydrogens (tertiary/aromatic N) is 2. The van der Waals surface area contributed by atoms with Gasteiger partial charge in [0.2, 0.25) is 5.76 Å². The number of fused-ring (bicyclic) bond motifs is 1. The van der Waals surface area contributed by atoms with E-state index in [0.717, 1.165) is 10.2 Å². The van der Waals surface area contributed by atoms with Gasteiger partial charge in [-0.3, -0.25) is 10.1 Å². The summed E-state index contributed by atoms with van der Waals surface area (Å²) < 4.78 is 6.00. The highest BCUT2D eigenvalue weighted by atomic mass is 32.1. The molecule has 6 heteroatoms. The second kappa shape index (κ2) is 5.29. The van der Waals surface area contributed by atoms with Crippen molar-refractivity contribution in [2.75, 3.05) is 5.32 Å². The summed E-state index contributed by atoms with van der Waals surface area (Å²) in [6, 6.07) is 7.76. The first-order chi connectivity index (χ1) is 10.0. The summed E-state index contributed by atoms with van der Waals surface area (Å²) in [5.41, 5.74) is 2.81. The number of nitrogens with one attached hydrogen (secondary N) is 1. The van der Waals surface area contributed by atoms with Crippen LogP contribution in [0.3, 0.4) is 0 Å². The van der Waals surface area contributed by atoms with Crippen LogP contribution >= 0.6 is 11.3 Å². The molecule has 3 rings (SSSR count). The maximum atomic E-state index is 12.0. The molecule has 2 aromatic heterocycles. The molecule has 3 aromatic rings. The van der Waals surface area contributed by atoms with Gasteiger partial charge < -0.3 is 4.52 Å². The molecule has 0 aliphatic rings. The SMILES string of the molecule is Cc1cc(C(=O)Nc2nc3ccc(C(C)C)cc3s2)on1. The van der Waals surface area contributed by atoms with E-state index in [1.165, 1.54) is 16.9 Å². The zero-order valence-electron chi connectivity index (χ0n) is 12.0. The van der Waals surface area contributed by atoms with Crippen LogP contribution in [-0.4, -0.2) is 16.0 Å². The van der Waals surface area contributed by atoms with Crippen LogP contribution in [-0.2, 0) is 0 Å². The Morgan fingerprint density at radius 2 is 2.14 bits per heavy atom. The van der Waals surface area contributed by atoms with Gasteiger partial charge in [-0.15, -0.1) is 0 Å². The van der Waals surface area contributed by atoms with Gasteiger partial charge in [-0.2, -0.15) is 0 Å². The molecule has 0 bridgehead atoms. The number of aromatic nitrogens is 2. The summed E-state index contributed by atoms with van der Waals surface area (Å²) in [5, 5.41) is 7.00. The monoisotopic (exact) mass is 301 g/mol. The lowest BCUT2D eigenvalue weighted by atomic mass is 10.0. The van der Waals surface area contributed by atoms with Crippen LogP contribution in [0.1, 0.15) is 41.6 Å². The van der Waals surface area contributed by atoms with Gasteiger partial charge in [0.05, 0.1) is 15.9 Å². The Morgan fingerprint density at radius 1 is 1.33 bits per heavy atom. The lowest BCUT2D eigenvalue weighted by molar-refractivity contribution is 0.0988. The number of thiazole rings is 1. The van der Waals surface area contributed by atoms with Crippen molar-refractivity contribution in [3.05, 3.63) is 41.3 Å². The molecular weight excluding hydrogens is 286 g/mol. The van der Waals surface area contributed by atoms with Gasteiger partial charge in [-0.1, -0.05) is 36.4 Å². The molecule has 0 aliphatic heterocycles. The second-order valence-electron chi connectivity index (χ2n) is 5.19. The zero-order chi connectivity index (χ0) is 15.0. The number of amides is 1. The molecule has 0 spiro atoms. The topological polar surface area (TPSA) is 68.0 Å². The number of anilines is 1. The summed E-state index contributed by atoms with van der Waals surface area (Å²) >= 11 is 1.45. The molecule has 1 aromatic carbocycles. The Balaban J connectivity index is 1.86. The maximum absolute atomic E-state index is 12.0. The van der Waals surface area contributed by atoms with E-state index in [9.17, 15) is 4.79 Å². The van der Waals surface area contributed by atoms with E-state index in [2.05, 4.69) is 41.4 Å². The Kier molecular flexibility index (Phi) is 3.47. The number of aryl methyl sites for hydroxylation is 1. The fraction of sp³-hybridized carbons (Fsp3) is 0.267. The smallest absolute Gasteiger partial charge is 0.296 e. The minimum absolute atomic E-state index is 0.189. The van der Waals surface area contributed by atoms with Crippen molar-refractivity contribution in [3.63, 3.8) is 0 Å². The molecule has 1 amide bonds. The summed E-state index contributed by atoms with van der Waals surface area (Å²) in [7, 11) is 0. The second-order valence-corrected chi connectivity index (χ2v) is 6.22. The van der Waals surface area contributed by atoms with Crippen molar-refractivity contribution >= 4 is 32.6 Å². The third-order valence-corrected chi connectivity index (χ3v) is 4.08. The molecule has 0 saturated carbocycles. The van der Waals surface area contributed by atoms with Crippen LogP contribution in [0.2, 0.25) is 0 Å². The Labute approximate surface area is 126 Å². The van der Waals surface area contributed by atoms with Crippen LogP contribution in [0, 0.1) is 6.92 Å². The summed E-state index contributed by atoms with van der Waals surface area (Å²) in [6.45, 7) is 6.07. The van der Waals surface area contributed by atoms with Crippen molar-refractivity contribution < 1.29 is 9.32 Å². The van der Waals surface area contributed by atoms with Crippen LogP contribution in [0.5, 0.6) is 0 Å². The average Bonchev–Trinajstić information content (AvgIpc) is 3.03. The number of hydrogen-bond donors (Lipinski definition) is 1. The highest BCUT2D eigenvalue weighted by Crippen LogP contribution is 2.29. The molecule has 0 atom stereocenters. The third-order valence-electron chi connectivity index (χ3n) is 3.15. The molecule has 0 fully saturated rings. The van der Waals surface area contributed by atoms with E-state index < -0.39 is 0 Å². The predicted octanol–water partition coefficient (Wildman–Crippen LogP) is 3.97. The lowest BCUT2D eigenvalue weighted by Gasteiger charge is -2.03. The standard InChI is InChI=1S/C15H15N3O2S/c1-8(2)10-4-5-11-13(7-10)21-15(16-11)17-14(19)12-6-9(3)18-20-12/h4-8H,1-3H3,(H,16,17,19). The first kappa shape index (κ1) is 13.8. The largest absolute Gasteiger partial charge is 0.351 e. The summed E-state index contributed by atoms with van der Waals surface area (Å²) in [6.07, 6.45) is 0. The fourth-order valence-corrected chi connectivity index (χ4v) is 2.89. The fourth-order valence-electron chi connectivity index (χ4n) is 1.98. The van der Waals surface area contributed by atoms with Gasteiger partial charge in [0.1, 0.15) is 0 Å². The lowest BCUT2D eigenvalue weighted by Crippen LogP contribution is -2.10. The number of rotatable bonds is 3. The molecule has 108 valence electrons. The molecule has 0 radical (unpaired) electrons. The van der Waals surface area contributed by atoms with E-state index in [1.54, 1.807) is 13.0 Å². The molecule has 0 saturated heterocycles. The molecule has 0 unspecified atom stereocenters. The minimum atomic E-state index is -0.335. The molecule has 21 heavy (non-hydrogen) atoms. The average molecular weight is 301 g/mol. The van der Waals surface area contributed by atoms with Gasteiger partial charge in [0.15, 0.2) is 5.13 Å².